The molecule has 0 aliphatic heterocycles. The molecule has 0 spiro atoms. The molecule has 7 heteroatoms. The van der Waals surface area contributed by atoms with Gasteiger partial charge in [-0.15, -0.1) is 11.3 Å². The topological polar surface area (TPSA) is 81.4 Å². The normalized spacial score (nSPS) is 11.8. The Kier molecular flexibility index (Phi) is 5.85. The Morgan fingerprint density at radius 2 is 1.96 bits per heavy atom. The molecule has 2 aromatic rings. The van der Waals surface area contributed by atoms with Gasteiger partial charge >= 0.3 is 0 Å². The molecule has 0 aliphatic carbocycles. The van der Waals surface area contributed by atoms with Gasteiger partial charge in [0.25, 0.3) is 11.8 Å². The first-order valence-electron chi connectivity index (χ1n) is 7.48. The minimum atomic E-state index is -0.737. The van der Waals surface area contributed by atoms with Crippen LogP contribution in [-0.4, -0.2) is 17.9 Å². The fourth-order valence-corrected chi connectivity index (χ4v) is 3.62. The number of rotatable bonds is 6. The van der Waals surface area contributed by atoms with Crippen molar-refractivity contribution in [1.29, 1.82) is 0 Å². The summed E-state index contributed by atoms with van der Waals surface area (Å²) in [5.74, 6) is -0.358. The maximum atomic E-state index is 12.4. The van der Waals surface area contributed by atoms with Gasteiger partial charge in [0.05, 0.1) is 5.56 Å². The van der Waals surface area contributed by atoms with E-state index in [0.717, 1.165) is 10.4 Å². The summed E-state index contributed by atoms with van der Waals surface area (Å²) in [4.78, 5) is 25.0. The number of thiophene rings is 1. The van der Waals surface area contributed by atoms with Crippen LogP contribution in [0.5, 0.6) is 5.75 Å². The van der Waals surface area contributed by atoms with Crippen LogP contribution in [0.4, 0.5) is 5.00 Å². The Labute approximate surface area is 149 Å². The van der Waals surface area contributed by atoms with Crippen molar-refractivity contribution in [3.63, 3.8) is 0 Å². The Bertz CT molecular complexity index is 756. The number of nitrogens with one attached hydrogen (secondary N) is 1. The van der Waals surface area contributed by atoms with E-state index in [2.05, 4.69) is 5.32 Å². The zero-order valence-corrected chi connectivity index (χ0v) is 15.3. The molecule has 0 fully saturated rings. The van der Waals surface area contributed by atoms with Gasteiger partial charge < -0.3 is 15.8 Å². The fraction of sp³-hybridized carbons (Fsp3) is 0.294. The first kappa shape index (κ1) is 18.3. The van der Waals surface area contributed by atoms with Crippen LogP contribution < -0.4 is 15.8 Å². The molecule has 3 N–H and O–H groups in total. The summed E-state index contributed by atoms with van der Waals surface area (Å²) in [6.45, 7) is 5.48. The number of benzene rings is 1. The fourth-order valence-electron chi connectivity index (χ4n) is 2.34. The molecule has 0 radical (unpaired) electrons. The van der Waals surface area contributed by atoms with Crippen molar-refractivity contribution in [2.75, 3.05) is 5.32 Å². The molecule has 1 heterocycles. The molecule has 0 saturated carbocycles. The standard InChI is InChI=1S/C17H19ClN2O3S/c1-4-13-10(3)24-17(14(13)15(19)21)20-16(22)9(2)23-12-7-5-11(18)6-8-12/h5-9H,4H2,1-3H3,(H2,19,21)(H,20,22). The summed E-state index contributed by atoms with van der Waals surface area (Å²) in [6, 6.07) is 6.74. The molecule has 1 atom stereocenters. The highest BCUT2D eigenvalue weighted by Gasteiger charge is 2.23. The van der Waals surface area contributed by atoms with Gasteiger partial charge in [-0.05, 0) is 50.1 Å². The molecular formula is C17H19ClN2O3S. The zero-order valence-electron chi connectivity index (χ0n) is 13.7. The molecule has 128 valence electrons. The van der Waals surface area contributed by atoms with Crippen LogP contribution in [0.25, 0.3) is 0 Å². The predicted molar refractivity (Wildman–Crippen MR) is 97.1 cm³/mol. The van der Waals surface area contributed by atoms with E-state index in [0.29, 0.717) is 27.8 Å². The third-order valence-corrected chi connectivity index (χ3v) is 4.86. The van der Waals surface area contributed by atoms with Gasteiger partial charge in [-0.1, -0.05) is 18.5 Å². The molecule has 0 saturated heterocycles. The number of hydrogen-bond donors (Lipinski definition) is 2. The number of amides is 2. The van der Waals surface area contributed by atoms with E-state index in [1.165, 1.54) is 11.3 Å². The number of carbonyl (C=O) groups is 2. The van der Waals surface area contributed by atoms with Crippen molar-refractivity contribution in [2.24, 2.45) is 5.73 Å². The minimum absolute atomic E-state index is 0.351. The number of hydrogen-bond acceptors (Lipinski definition) is 4. The van der Waals surface area contributed by atoms with Gasteiger partial charge in [-0.25, -0.2) is 0 Å². The van der Waals surface area contributed by atoms with Gasteiger partial charge in [0.2, 0.25) is 0 Å². The molecule has 1 unspecified atom stereocenters. The van der Waals surface area contributed by atoms with Crippen LogP contribution in [0.2, 0.25) is 5.02 Å². The van der Waals surface area contributed by atoms with Crippen molar-refractivity contribution >= 4 is 39.8 Å². The molecule has 5 nitrogen and oxygen atoms in total. The molecule has 24 heavy (non-hydrogen) atoms. The van der Waals surface area contributed by atoms with Gasteiger partial charge in [0, 0.05) is 9.90 Å². The average Bonchev–Trinajstić information content (AvgIpc) is 2.84. The Hall–Kier alpha value is -2.05. The Balaban J connectivity index is 2.14. The number of ether oxygens (including phenoxy) is 1. The average molecular weight is 367 g/mol. The van der Waals surface area contributed by atoms with Crippen molar-refractivity contribution in [1.82, 2.24) is 0 Å². The largest absolute Gasteiger partial charge is 0.481 e. The number of nitrogens with two attached hydrogens (primary N) is 1. The second-order valence-corrected chi connectivity index (χ2v) is 6.92. The third kappa shape index (κ3) is 4.07. The monoisotopic (exact) mass is 366 g/mol. The smallest absolute Gasteiger partial charge is 0.265 e. The molecule has 1 aromatic heterocycles. The van der Waals surface area contributed by atoms with E-state index in [-0.39, 0.29) is 5.91 Å². The first-order chi connectivity index (χ1) is 11.3. The Morgan fingerprint density at radius 1 is 1.33 bits per heavy atom. The van der Waals surface area contributed by atoms with E-state index in [4.69, 9.17) is 22.1 Å². The SMILES string of the molecule is CCc1c(C)sc(NC(=O)C(C)Oc2ccc(Cl)cc2)c1C(N)=O. The minimum Gasteiger partial charge on any atom is -0.481 e. The van der Waals surface area contributed by atoms with E-state index in [9.17, 15) is 9.59 Å². The lowest BCUT2D eigenvalue weighted by Crippen LogP contribution is -2.30. The highest BCUT2D eigenvalue weighted by molar-refractivity contribution is 7.16. The van der Waals surface area contributed by atoms with Gasteiger partial charge in [-0.2, -0.15) is 0 Å². The van der Waals surface area contributed by atoms with Crippen molar-refractivity contribution < 1.29 is 14.3 Å². The van der Waals surface area contributed by atoms with E-state index in [1.807, 2.05) is 13.8 Å². The third-order valence-electron chi connectivity index (χ3n) is 3.54. The van der Waals surface area contributed by atoms with Crippen LogP contribution in [0.15, 0.2) is 24.3 Å². The van der Waals surface area contributed by atoms with Crippen LogP contribution in [0, 0.1) is 6.92 Å². The lowest BCUT2D eigenvalue weighted by Gasteiger charge is -2.14. The van der Waals surface area contributed by atoms with E-state index >= 15 is 0 Å². The number of carbonyl (C=O) groups excluding carboxylic acids is 2. The van der Waals surface area contributed by atoms with Crippen LogP contribution >= 0.6 is 22.9 Å². The Morgan fingerprint density at radius 3 is 2.50 bits per heavy atom. The van der Waals surface area contributed by atoms with Crippen LogP contribution in [0.3, 0.4) is 0 Å². The van der Waals surface area contributed by atoms with Crippen molar-refractivity contribution in [3.8, 4) is 5.75 Å². The highest BCUT2D eigenvalue weighted by Crippen LogP contribution is 2.33. The summed E-state index contributed by atoms with van der Waals surface area (Å²) in [7, 11) is 0. The second-order valence-electron chi connectivity index (χ2n) is 5.26. The molecule has 0 bridgehead atoms. The highest BCUT2D eigenvalue weighted by atomic mass is 35.5. The van der Waals surface area contributed by atoms with Gasteiger partial charge in [0.1, 0.15) is 10.8 Å². The molecular weight excluding hydrogens is 348 g/mol. The maximum absolute atomic E-state index is 12.4. The van der Waals surface area contributed by atoms with Gasteiger partial charge in [-0.3, -0.25) is 9.59 Å². The van der Waals surface area contributed by atoms with Crippen LogP contribution in [0.1, 0.15) is 34.6 Å². The molecule has 0 aliphatic rings. The molecule has 1 aromatic carbocycles. The number of primary amides is 1. The van der Waals surface area contributed by atoms with Crippen molar-refractivity contribution in [2.45, 2.75) is 33.3 Å². The van der Waals surface area contributed by atoms with E-state index in [1.54, 1.807) is 31.2 Å². The number of aryl methyl sites for hydroxylation is 1. The summed E-state index contributed by atoms with van der Waals surface area (Å²) in [6.07, 6.45) is -0.0628. The van der Waals surface area contributed by atoms with Crippen molar-refractivity contribution in [3.05, 3.63) is 45.3 Å². The van der Waals surface area contributed by atoms with Crippen LogP contribution in [-0.2, 0) is 11.2 Å². The summed E-state index contributed by atoms with van der Waals surface area (Å²) >= 11 is 7.16. The molecule has 2 rings (SSSR count). The summed E-state index contributed by atoms with van der Waals surface area (Å²) in [5, 5.41) is 3.80. The van der Waals surface area contributed by atoms with Gasteiger partial charge in [0.15, 0.2) is 6.10 Å². The molecule has 2 amide bonds. The quantitative estimate of drug-likeness (QED) is 0.816. The number of halogens is 1. The zero-order chi connectivity index (χ0) is 17.9. The van der Waals surface area contributed by atoms with E-state index < -0.39 is 12.0 Å². The lowest BCUT2D eigenvalue weighted by molar-refractivity contribution is -0.122. The first-order valence-corrected chi connectivity index (χ1v) is 8.68. The summed E-state index contributed by atoms with van der Waals surface area (Å²) in [5.41, 5.74) is 6.72. The summed E-state index contributed by atoms with van der Waals surface area (Å²) < 4.78 is 5.58. The predicted octanol–water partition coefficient (Wildman–Crippen LogP) is 3.78. The second kappa shape index (κ2) is 7.68. The maximum Gasteiger partial charge on any atom is 0.265 e. The number of anilines is 1. The lowest BCUT2D eigenvalue weighted by atomic mass is 10.1.